The molecule has 2 nitrogen and oxygen atoms in total. The summed E-state index contributed by atoms with van der Waals surface area (Å²) in [7, 11) is 0. The molecule has 0 saturated carbocycles. The van der Waals surface area contributed by atoms with Crippen molar-refractivity contribution < 1.29 is 4.39 Å². The maximum Gasteiger partial charge on any atom is 0.140 e. The fourth-order valence-corrected chi connectivity index (χ4v) is 2.06. The van der Waals surface area contributed by atoms with Crippen molar-refractivity contribution in [3.05, 3.63) is 64.4 Å². The van der Waals surface area contributed by atoms with E-state index in [1.54, 1.807) is 37.3 Å². The van der Waals surface area contributed by atoms with Gasteiger partial charge in [0.05, 0.1) is 6.07 Å². The summed E-state index contributed by atoms with van der Waals surface area (Å²) in [6.45, 7) is 1.80. The van der Waals surface area contributed by atoms with Crippen molar-refractivity contribution in [1.29, 1.82) is 5.26 Å². The van der Waals surface area contributed by atoms with Gasteiger partial charge >= 0.3 is 0 Å². The molecular weight excluding hydrogens is 263 g/mol. The van der Waals surface area contributed by atoms with Crippen molar-refractivity contribution in [3.8, 4) is 6.07 Å². The molecule has 2 rings (SSSR count). The van der Waals surface area contributed by atoms with E-state index in [-0.39, 0.29) is 5.82 Å². The molecule has 0 aliphatic heterocycles. The van der Waals surface area contributed by atoms with Crippen molar-refractivity contribution in [2.75, 3.05) is 5.32 Å². The zero-order valence-corrected chi connectivity index (χ0v) is 11.1. The van der Waals surface area contributed by atoms with Gasteiger partial charge < -0.3 is 5.32 Å². The summed E-state index contributed by atoms with van der Waals surface area (Å²) in [6.07, 6.45) is 0. The van der Waals surface area contributed by atoms with E-state index in [1.807, 2.05) is 0 Å². The second-order valence-electron chi connectivity index (χ2n) is 4.28. The predicted octanol–water partition coefficient (Wildman–Crippen LogP) is 4.46. The van der Waals surface area contributed by atoms with Gasteiger partial charge in [-0.15, -0.1) is 0 Å². The number of hydrogen-bond acceptors (Lipinski definition) is 2. The summed E-state index contributed by atoms with van der Waals surface area (Å²) >= 11 is 5.90. The lowest BCUT2D eigenvalue weighted by molar-refractivity contribution is 0.627. The smallest absolute Gasteiger partial charge is 0.140 e. The molecule has 0 bridgehead atoms. The van der Waals surface area contributed by atoms with Crippen LogP contribution in [0.2, 0.25) is 5.02 Å². The molecule has 0 aliphatic carbocycles. The van der Waals surface area contributed by atoms with Crippen LogP contribution in [0.15, 0.2) is 42.5 Å². The van der Waals surface area contributed by atoms with Gasteiger partial charge in [0.25, 0.3) is 0 Å². The number of nitrogens with one attached hydrogen (secondary N) is 1. The van der Waals surface area contributed by atoms with E-state index in [0.29, 0.717) is 10.7 Å². The van der Waals surface area contributed by atoms with Gasteiger partial charge in [0.15, 0.2) is 0 Å². The minimum Gasteiger partial charge on any atom is -0.366 e. The van der Waals surface area contributed by atoms with Gasteiger partial charge in [-0.25, -0.2) is 4.39 Å². The molecule has 1 atom stereocenters. The van der Waals surface area contributed by atoms with Crippen molar-refractivity contribution in [2.24, 2.45) is 0 Å². The molecule has 2 aromatic rings. The minimum absolute atomic E-state index is 0.328. The molecule has 2 aromatic carbocycles. The van der Waals surface area contributed by atoms with Gasteiger partial charge in [-0.3, -0.25) is 0 Å². The zero-order valence-electron chi connectivity index (χ0n) is 10.3. The van der Waals surface area contributed by atoms with Crippen LogP contribution >= 0.6 is 11.6 Å². The van der Waals surface area contributed by atoms with Crippen LogP contribution in [-0.4, -0.2) is 0 Å². The fourth-order valence-electron chi connectivity index (χ4n) is 1.86. The Morgan fingerprint density at radius 2 is 2.05 bits per heavy atom. The largest absolute Gasteiger partial charge is 0.366 e. The first kappa shape index (κ1) is 13.4. The molecule has 96 valence electrons. The Morgan fingerprint density at radius 3 is 2.68 bits per heavy atom. The van der Waals surface area contributed by atoms with Crippen LogP contribution < -0.4 is 5.32 Å². The van der Waals surface area contributed by atoms with Crippen LogP contribution in [-0.2, 0) is 0 Å². The van der Waals surface area contributed by atoms with Crippen molar-refractivity contribution in [3.63, 3.8) is 0 Å². The van der Waals surface area contributed by atoms with Gasteiger partial charge in [0, 0.05) is 10.7 Å². The topological polar surface area (TPSA) is 35.8 Å². The summed E-state index contributed by atoms with van der Waals surface area (Å²) in [5.41, 5.74) is 2.12. The van der Waals surface area contributed by atoms with Gasteiger partial charge in [-0.1, -0.05) is 23.7 Å². The number of halogens is 2. The predicted molar refractivity (Wildman–Crippen MR) is 74.6 cm³/mol. The summed E-state index contributed by atoms with van der Waals surface area (Å²) in [6, 6.07) is 13.2. The molecule has 1 unspecified atom stereocenters. The molecule has 19 heavy (non-hydrogen) atoms. The Kier molecular flexibility index (Phi) is 4.03. The lowest BCUT2D eigenvalue weighted by atomic mass is 10.1. The Bertz CT molecular complexity index is 614. The normalized spacial score (nSPS) is 11.7. The maximum absolute atomic E-state index is 13.3. The molecule has 0 heterocycles. The SMILES string of the molecule is Cc1cc(F)cc(NC(C#N)c2cccc(Cl)c2)c1. The monoisotopic (exact) mass is 274 g/mol. The van der Waals surface area contributed by atoms with Gasteiger partial charge in [-0.05, 0) is 48.4 Å². The lowest BCUT2D eigenvalue weighted by Crippen LogP contribution is -2.08. The Labute approximate surface area is 116 Å². The highest BCUT2D eigenvalue weighted by Gasteiger charge is 2.11. The van der Waals surface area contributed by atoms with Crippen LogP contribution in [0.25, 0.3) is 0 Å². The highest BCUT2D eigenvalue weighted by atomic mass is 35.5. The van der Waals surface area contributed by atoms with Crippen molar-refractivity contribution in [1.82, 2.24) is 0 Å². The molecule has 0 spiro atoms. The maximum atomic E-state index is 13.3. The van der Waals surface area contributed by atoms with E-state index in [0.717, 1.165) is 11.1 Å². The number of hydrogen-bond donors (Lipinski definition) is 1. The number of rotatable bonds is 3. The number of nitrogens with zero attached hydrogens (tertiary/aromatic N) is 1. The quantitative estimate of drug-likeness (QED) is 0.897. The van der Waals surface area contributed by atoms with Crippen molar-refractivity contribution in [2.45, 2.75) is 13.0 Å². The van der Waals surface area contributed by atoms with E-state index in [1.165, 1.54) is 12.1 Å². The second-order valence-corrected chi connectivity index (χ2v) is 4.72. The Balaban J connectivity index is 2.27. The van der Waals surface area contributed by atoms with Crippen LogP contribution in [0.5, 0.6) is 0 Å². The molecule has 0 amide bonds. The van der Waals surface area contributed by atoms with E-state index in [9.17, 15) is 9.65 Å². The van der Waals surface area contributed by atoms with Crippen LogP contribution in [0, 0.1) is 24.1 Å². The number of aryl methyl sites for hydroxylation is 1. The summed E-state index contributed by atoms with van der Waals surface area (Å²) in [5, 5.41) is 12.8. The lowest BCUT2D eigenvalue weighted by Gasteiger charge is -2.14. The summed E-state index contributed by atoms with van der Waals surface area (Å²) < 4.78 is 13.3. The first-order valence-corrected chi connectivity index (χ1v) is 6.15. The highest BCUT2D eigenvalue weighted by molar-refractivity contribution is 6.30. The fraction of sp³-hybridized carbons (Fsp3) is 0.133. The molecule has 0 radical (unpaired) electrons. The summed E-state index contributed by atoms with van der Waals surface area (Å²) in [5.74, 6) is -0.328. The second kappa shape index (κ2) is 5.73. The minimum atomic E-state index is -0.570. The molecule has 0 aromatic heterocycles. The third kappa shape index (κ3) is 3.46. The first-order chi connectivity index (χ1) is 9.08. The molecule has 0 fully saturated rings. The highest BCUT2D eigenvalue weighted by Crippen LogP contribution is 2.23. The third-order valence-corrected chi connectivity index (χ3v) is 2.90. The van der Waals surface area contributed by atoms with E-state index < -0.39 is 6.04 Å². The van der Waals surface area contributed by atoms with Gasteiger partial charge in [0.1, 0.15) is 11.9 Å². The number of anilines is 1. The van der Waals surface area contributed by atoms with E-state index in [2.05, 4.69) is 11.4 Å². The Morgan fingerprint density at radius 1 is 1.26 bits per heavy atom. The van der Waals surface area contributed by atoms with Crippen LogP contribution in [0.1, 0.15) is 17.2 Å². The zero-order chi connectivity index (χ0) is 13.8. The van der Waals surface area contributed by atoms with Gasteiger partial charge in [0.2, 0.25) is 0 Å². The van der Waals surface area contributed by atoms with Crippen LogP contribution in [0.3, 0.4) is 0 Å². The Hall–Kier alpha value is -2.05. The molecular formula is C15H12ClFN2. The summed E-state index contributed by atoms with van der Waals surface area (Å²) in [4.78, 5) is 0. The van der Waals surface area contributed by atoms with E-state index in [4.69, 9.17) is 11.6 Å². The standard InChI is InChI=1S/C15H12ClFN2/c1-10-5-13(17)8-14(6-10)19-15(9-18)11-3-2-4-12(16)7-11/h2-8,15,19H,1H3. The van der Waals surface area contributed by atoms with E-state index >= 15 is 0 Å². The molecule has 0 aliphatic rings. The average molecular weight is 275 g/mol. The molecule has 4 heteroatoms. The third-order valence-electron chi connectivity index (χ3n) is 2.66. The molecule has 1 N–H and O–H groups in total. The number of benzene rings is 2. The number of nitriles is 1. The first-order valence-electron chi connectivity index (χ1n) is 5.77. The average Bonchev–Trinajstić information content (AvgIpc) is 2.34. The van der Waals surface area contributed by atoms with Gasteiger partial charge in [-0.2, -0.15) is 5.26 Å². The van der Waals surface area contributed by atoms with Crippen molar-refractivity contribution >= 4 is 17.3 Å². The molecule has 0 saturated heterocycles. The van der Waals surface area contributed by atoms with Crippen LogP contribution in [0.4, 0.5) is 10.1 Å².